The molecule has 0 aliphatic carbocycles. The molecule has 0 fully saturated rings. The second-order valence-electron chi connectivity index (χ2n) is 5.96. The Bertz CT molecular complexity index is 993. The number of nitrogens with one attached hydrogen (secondary N) is 1. The molecule has 3 aromatic rings. The summed E-state index contributed by atoms with van der Waals surface area (Å²) in [6.45, 7) is 2.40. The van der Waals surface area contributed by atoms with Gasteiger partial charge in [-0.3, -0.25) is 4.79 Å². The molecule has 1 aromatic heterocycles. The number of aromatic nitrogens is 2. The van der Waals surface area contributed by atoms with Gasteiger partial charge in [0.1, 0.15) is 11.6 Å². The van der Waals surface area contributed by atoms with Gasteiger partial charge in [0.15, 0.2) is 0 Å². The monoisotopic (exact) mass is 398 g/mol. The predicted octanol–water partition coefficient (Wildman–Crippen LogP) is 4.15. The van der Waals surface area contributed by atoms with E-state index in [0.717, 1.165) is 5.69 Å². The van der Waals surface area contributed by atoms with E-state index in [1.807, 2.05) is 6.92 Å². The van der Waals surface area contributed by atoms with Crippen molar-refractivity contribution in [3.63, 3.8) is 0 Å². The van der Waals surface area contributed by atoms with Crippen LogP contribution in [0, 0.1) is 0 Å². The molecule has 0 radical (unpaired) electrons. The summed E-state index contributed by atoms with van der Waals surface area (Å²) in [6.07, 6.45) is -0.0279. The average Bonchev–Trinajstić information content (AvgIpc) is 2.64. The van der Waals surface area contributed by atoms with Crippen molar-refractivity contribution in [2.45, 2.75) is 13.3 Å². The Kier molecular flexibility index (Phi) is 5.96. The van der Waals surface area contributed by atoms with Crippen LogP contribution in [0.15, 0.2) is 48.5 Å². The molecule has 8 heteroatoms. The largest absolute Gasteiger partial charge is 0.493 e. The van der Waals surface area contributed by atoms with Crippen molar-refractivity contribution < 1.29 is 14.6 Å². The van der Waals surface area contributed by atoms with Crippen molar-refractivity contribution >= 4 is 35.0 Å². The molecular weight excluding hydrogens is 380 g/mol. The highest BCUT2D eigenvalue weighted by atomic mass is 35.5. The number of nitrogen functional groups attached to an aromatic ring is 1. The Morgan fingerprint density at radius 3 is 2.61 bits per heavy atom. The summed E-state index contributed by atoms with van der Waals surface area (Å²) in [7, 11) is 0. The zero-order chi connectivity index (χ0) is 20.1. The van der Waals surface area contributed by atoms with Crippen LogP contribution in [0.5, 0.6) is 5.75 Å². The van der Waals surface area contributed by atoms with Gasteiger partial charge in [0, 0.05) is 22.3 Å². The fourth-order valence-electron chi connectivity index (χ4n) is 2.68. The maximum absolute atomic E-state index is 10.8. The van der Waals surface area contributed by atoms with Gasteiger partial charge in [0.05, 0.1) is 18.7 Å². The van der Waals surface area contributed by atoms with E-state index in [4.69, 9.17) is 27.2 Å². The van der Waals surface area contributed by atoms with E-state index in [1.165, 1.54) is 0 Å². The number of rotatable bonds is 7. The standard InChI is InChI=1S/C20H19ClN4O3/c1-2-28-17-8-5-13(21)10-15(17)16-11-18(25-20(22)24-16)23-14-6-3-12(4-7-14)9-19(26)27/h3-8,10-11H,2,9H2,1H3,(H,26,27)(H3,22,23,24,25). The van der Waals surface area contributed by atoms with Gasteiger partial charge in [-0.2, -0.15) is 4.98 Å². The van der Waals surface area contributed by atoms with E-state index < -0.39 is 5.97 Å². The third-order valence-corrected chi connectivity index (χ3v) is 4.08. The minimum Gasteiger partial charge on any atom is -0.493 e. The van der Waals surface area contributed by atoms with E-state index in [9.17, 15) is 4.79 Å². The highest BCUT2D eigenvalue weighted by Crippen LogP contribution is 2.33. The first-order chi connectivity index (χ1) is 13.4. The lowest BCUT2D eigenvalue weighted by Gasteiger charge is -2.12. The van der Waals surface area contributed by atoms with Crippen LogP contribution in [0.2, 0.25) is 5.02 Å². The summed E-state index contributed by atoms with van der Waals surface area (Å²) in [5.41, 5.74) is 8.63. The number of benzene rings is 2. The zero-order valence-electron chi connectivity index (χ0n) is 15.1. The molecule has 0 aliphatic heterocycles. The van der Waals surface area contributed by atoms with Gasteiger partial charge in [0.2, 0.25) is 5.95 Å². The van der Waals surface area contributed by atoms with Crippen molar-refractivity contribution in [1.29, 1.82) is 0 Å². The van der Waals surface area contributed by atoms with Crippen LogP contribution < -0.4 is 15.8 Å². The molecule has 0 spiro atoms. The van der Waals surface area contributed by atoms with E-state index in [-0.39, 0.29) is 12.4 Å². The van der Waals surface area contributed by atoms with Crippen molar-refractivity contribution in [2.24, 2.45) is 0 Å². The Morgan fingerprint density at radius 2 is 1.93 bits per heavy atom. The lowest BCUT2D eigenvalue weighted by atomic mass is 10.1. The average molecular weight is 399 g/mol. The Balaban J connectivity index is 1.90. The first kappa shape index (κ1) is 19.4. The summed E-state index contributed by atoms with van der Waals surface area (Å²) < 4.78 is 5.66. The molecule has 4 N–H and O–H groups in total. The second kappa shape index (κ2) is 8.58. The van der Waals surface area contributed by atoms with E-state index >= 15 is 0 Å². The van der Waals surface area contributed by atoms with Crippen molar-refractivity contribution in [1.82, 2.24) is 9.97 Å². The summed E-state index contributed by atoms with van der Waals surface area (Å²) in [4.78, 5) is 19.3. The lowest BCUT2D eigenvalue weighted by molar-refractivity contribution is -0.136. The number of nitrogens with two attached hydrogens (primary N) is 1. The van der Waals surface area contributed by atoms with Gasteiger partial charge >= 0.3 is 5.97 Å². The molecule has 0 atom stereocenters. The van der Waals surface area contributed by atoms with Crippen molar-refractivity contribution in [2.75, 3.05) is 17.7 Å². The molecule has 3 rings (SSSR count). The van der Waals surface area contributed by atoms with Gasteiger partial charge in [0.25, 0.3) is 0 Å². The molecule has 0 saturated carbocycles. The Morgan fingerprint density at radius 1 is 1.18 bits per heavy atom. The number of hydrogen-bond donors (Lipinski definition) is 3. The summed E-state index contributed by atoms with van der Waals surface area (Å²) >= 11 is 6.14. The smallest absolute Gasteiger partial charge is 0.307 e. The number of hydrogen-bond acceptors (Lipinski definition) is 6. The third-order valence-electron chi connectivity index (χ3n) is 3.84. The van der Waals surface area contributed by atoms with Crippen LogP contribution in [0.25, 0.3) is 11.3 Å². The topological polar surface area (TPSA) is 110 Å². The molecular formula is C20H19ClN4O3. The van der Waals surface area contributed by atoms with Gasteiger partial charge in [-0.15, -0.1) is 0 Å². The van der Waals surface area contributed by atoms with E-state index in [1.54, 1.807) is 48.5 Å². The molecule has 28 heavy (non-hydrogen) atoms. The van der Waals surface area contributed by atoms with Gasteiger partial charge in [-0.25, -0.2) is 4.98 Å². The maximum Gasteiger partial charge on any atom is 0.307 e. The van der Waals surface area contributed by atoms with Crippen LogP contribution >= 0.6 is 11.6 Å². The fraction of sp³-hybridized carbons (Fsp3) is 0.150. The summed E-state index contributed by atoms with van der Waals surface area (Å²) in [5.74, 6) is 0.371. The maximum atomic E-state index is 10.8. The van der Waals surface area contributed by atoms with Gasteiger partial charge < -0.3 is 20.9 Å². The molecule has 0 unspecified atom stereocenters. The van der Waals surface area contributed by atoms with Gasteiger partial charge in [-0.1, -0.05) is 23.7 Å². The number of carbonyl (C=O) groups is 1. The fourth-order valence-corrected chi connectivity index (χ4v) is 2.85. The molecule has 0 saturated heterocycles. The Hall–Kier alpha value is -3.32. The number of halogens is 1. The molecule has 1 heterocycles. The molecule has 2 aromatic carbocycles. The van der Waals surface area contributed by atoms with Crippen LogP contribution in [0.4, 0.5) is 17.5 Å². The number of ether oxygens (including phenoxy) is 1. The van der Waals surface area contributed by atoms with E-state index in [0.29, 0.717) is 40.0 Å². The van der Waals surface area contributed by atoms with Crippen molar-refractivity contribution in [3.05, 3.63) is 59.1 Å². The van der Waals surface area contributed by atoms with Crippen molar-refractivity contribution in [3.8, 4) is 17.0 Å². The number of aliphatic carboxylic acids is 1. The molecule has 0 bridgehead atoms. The van der Waals surface area contributed by atoms with Crippen LogP contribution in [-0.4, -0.2) is 27.7 Å². The first-order valence-electron chi connectivity index (χ1n) is 8.59. The number of carboxylic acid groups (broad SMARTS) is 1. The van der Waals surface area contributed by atoms with Crippen LogP contribution in [0.1, 0.15) is 12.5 Å². The number of anilines is 3. The molecule has 0 aliphatic rings. The minimum absolute atomic E-state index is 0.0279. The normalized spacial score (nSPS) is 10.5. The predicted molar refractivity (Wildman–Crippen MR) is 109 cm³/mol. The van der Waals surface area contributed by atoms with Crippen LogP contribution in [0.3, 0.4) is 0 Å². The second-order valence-corrected chi connectivity index (χ2v) is 6.40. The minimum atomic E-state index is -0.874. The molecule has 0 amide bonds. The summed E-state index contributed by atoms with van der Waals surface area (Å²) in [5, 5.41) is 12.6. The Labute approximate surface area is 167 Å². The highest BCUT2D eigenvalue weighted by Gasteiger charge is 2.12. The quantitative estimate of drug-likeness (QED) is 0.548. The first-order valence-corrected chi connectivity index (χ1v) is 8.97. The summed E-state index contributed by atoms with van der Waals surface area (Å²) in [6, 6.07) is 14.1. The zero-order valence-corrected chi connectivity index (χ0v) is 15.9. The van der Waals surface area contributed by atoms with E-state index in [2.05, 4.69) is 15.3 Å². The number of carboxylic acids is 1. The van der Waals surface area contributed by atoms with Gasteiger partial charge in [-0.05, 0) is 42.8 Å². The van der Waals surface area contributed by atoms with Crippen LogP contribution in [-0.2, 0) is 11.2 Å². The molecule has 144 valence electrons. The number of nitrogens with zero attached hydrogens (tertiary/aromatic N) is 2. The highest BCUT2D eigenvalue weighted by molar-refractivity contribution is 6.31. The SMILES string of the molecule is CCOc1ccc(Cl)cc1-c1cc(Nc2ccc(CC(=O)O)cc2)nc(N)n1. The molecule has 7 nitrogen and oxygen atoms in total. The lowest BCUT2D eigenvalue weighted by Crippen LogP contribution is -2.03. The third kappa shape index (κ3) is 4.89.